The van der Waals surface area contributed by atoms with Crippen LogP contribution in [0.1, 0.15) is 25.3 Å². The first kappa shape index (κ1) is 14.7. The van der Waals surface area contributed by atoms with Crippen molar-refractivity contribution in [3.05, 3.63) is 28.2 Å². The molecule has 0 heterocycles. The van der Waals surface area contributed by atoms with Gasteiger partial charge < -0.3 is 10.1 Å². The molecule has 0 radical (unpaired) electrons. The lowest BCUT2D eigenvalue weighted by Gasteiger charge is -2.14. The van der Waals surface area contributed by atoms with E-state index < -0.39 is 6.61 Å². The third-order valence-corrected chi connectivity index (χ3v) is 3.94. The number of benzene rings is 1. The molecule has 19 heavy (non-hydrogen) atoms. The molecule has 0 saturated heterocycles. The first-order valence-corrected chi connectivity index (χ1v) is 7.29. The first-order chi connectivity index (χ1) is 9.06. The quantitative estimate of drug-likeness (QED) is 0.807. The summed E-state index contributed by atoms with van der Waals surface area (Å²) in [6.07, 6.45) is 2.64. The van der Waals surface area contributed by atoms with Crippen molar-refractivity contribution >= 4 is 15.9 Å². The van der Waals surface area contributed by atoms with Crippen LogP contribution < -0.4 is 10.1 Å². The van der Waals surface area contributed by atoms with Gasteiger partial charge in [-0.15, -0.1) is 0 Å². The maximum Gasteiger partial charge on any atom is 0.387 e. The molecule has 0 spiro atoms. The Morgan fingerprint density at radius 3 is 2.79 bits per heavy atom. The van der Waals surface area contributed by atoms with Crippen LogP contribution >= 0.6 is 15.9 Å². The Morgan fingerprint density at radius 2 is 2.16 bits per heavy atom. The molecular weight excluding hydrogens is 316 g/mol. The lowest BCUT2D eigenvalue weighted by atomic mass is 10.1. The van der Waals surface area contributed by atoms with Crippen molar-refractivity contribution in [3.8, 4) is 5.75 Å². The molecule has 0 amide bonds. The lowest BCUT2D eigenvalue weighted by Crippen LogP contribution is -2.22. The largest absolute Gasteiger partial charge is 0.434 e. The summed E-state index contributed by atoms with van der Waals surface area (Å²) in [5.41, 5.74) is 0.748. The molecule has 1 aromatic carbocycles. The Morgan fingerprint density at radius 1 is 1.42 bits per heavy atom. The van der Waals surface area contributed by atoms with Crippen molar-refractivity contribution in [2.24, 2.45) is 11.8 Å². The third kappa shape index (κ3) is 4.73. The van der Waals surface area contributed by atoms with E-state index in [0.29, 0.717) is 12.5 Å². The second kappa shape index (κ2) is 6.66. The van der Waals surface area contributed by atoms with Gasteiger partial charge in [-0.25, -0.2) is 0 Å². The molecule has 1 aromatic rings. The molecule has 0 bridgehead atoms. The van der Waals surface area contributed by atoms with Crippen LogP contribution in [-0.4, -0.2) is 13.2 Å². The van der Waals surface area contributed by atoms with Crippen molar-refractivity contribution in [2.75, 3.05) is 6.54 Å². The van der Waals surface area contributed by atoms with Crippen molar-refractivity contribution in [2.45, 2.75) is 32.9 Å². The molecule has 1 fully saturated rings. The molecule has 106 valence electrons. The van der Waals surface area contributed by atoms with Crippen LogP contribution in [0.25, 0.3) is 0 Å². The zero-order valence-corrected chi connectivity index (χ0v) is 12.4. The van der Waals surface area contributed by atoms with E-state index in [1.54, 1.807) is 12.1 Å². The predicted octanol–water partition coefficient (Wildman–Crippen LogP) is 4.19. The van der Waals surface area contributed by atoms with Crippen molar-refractivity contribution < 1.29 is 13.5 Å². The van der Waals surface area contributed by atoms with Crippen molar-refractivity contribution in [3.63, 3.8) is 0 Å². The zero-order chi connectivity index (χ0) is 13.8. The second-order valence-electron chi connectivity index (χ2n) is 5.08. The van der Waals surface area contributed by atoms with E-state index in [4.69, 9.17) is 0 Å². The number of rotatable bonds is 7. The van der Waals surface area contributed by atoms with E-state index in [2.05, 4.69) is 32.9 Å². The van der Waals surface area contributed by atoms with Gasteiger partial charge in [0.2, 0.25) is 0 Å². The summed E-state index contributed by atoms with van der Waals surface area (Å²) in [6.45, 7) is 0.886. The van der Waals surface area contributed by atoms with E-state index in [1.165, 1.54) is 12.8 Å². The Hall–Kier alpha value is -0.680. The normalized spacial score (nSPS) is 16.7. The van der Waals surface area contributed by atoms with Crippen LogP contribution in [0.5, 0.6) is 5.75 Å². The summed E-state index contributed by atoms with van der Waals surface area (Å²) in [7, 11) is 0. The fraction of sp³-hybridized carbons (Fsp3) is 0.571. The summed E-state index contributed by atoms with van der Waals surface area (Å²) in [6, 6.07) is 5.08. The third-order valence-electron chi connectivity index (χ3n) is 3.45. The minimum atomic E-state index is -2.79. The number of ether oxygens (including phenoxy) is 1. The molecule has 2 nitrogen and oxygen atoms in total. The number of hydrogen-bond acceptors (Lipinski definition) is 2. The zero-order valence-electron chi connectivity index (χ0n) is 10.8. The van der Waals surface area contributed by atoms with E-state index in [9.17, 15) is 8.78 Å². The average Bonchev–Trinajstić information content (AvgIpc) is 3.16. The topological polar surface area (TPSA) is 21.3 Å². The van der Waals surface area contributed by atoms with Crippen molar-refractivity contribution in [1.29, 1.82) is 0 Å². The maximum atomic E-state index is 12.3. The summed E-state index contributed by atoms with van der Waals surface area (Å²) < 4.78 is 30.0. The molecule has 1 aliphatic rings. The Labute approximate surface area is 120 Å². The van der Waals surface area contributed by atoms with Gasteiger partial charge in [-0.3, -0.25) is 0 Å². The summed E-state index contributed by atoms with van der Waals surface area (Å²) >= 11 is 3.35. The Balaban J connectivity index is 1.91. The molecule has 1 atom stereocenters. The van der Waals surface area contributed by atoms with Crippen LogP contribution in [0.3, 0.4) is 0 Å². The first-order valence-electron chi connectivity index (χ1n) is 6.50. The van der Waals surface area contributed by atoms with Crippen LogP contribution in [-0.2, 0) is 6.54 Å². The van der Waals surface area contributed by atoms with Gasteiger partial charge in [0, 0.05) is 16.6 Å². The van der Waals surface area contributed by atoms with Gasteiger partial charge in [0.15, 0.2) is 0 Å². The Kier molecular flexibility index (Phi) is 5.16. The molecular formula is C14H18BrF2NO. The van der Waals surface area contributed by atoms with E-state index in [-0.39, 0.29) is 5.75 Å². The minimum Gasteiger partial charge on any atom is -0.434 e. The SMILES string of the molecule is CC(CNCc1cc(Br)ccc1OC(F)F)C1CC1. The summed E-state index contributed by atoms with van der Waals surface area (Å²) in [4.78, 5) is 0. The molecule has 1 N–H and O–H groups in total. The Bertz CT molecular complexity index is 424. The smallest absolute Gasteiger partial charge is 0.387 e. The van der Waals surface area contributed by atoms with Gasteiger partial charge in [-0.05, 0) is 49.4 Å². The average molecular weight is 334 g/mol. The highest BCUT2D eigenvalue weighted by molar-refractivity contribution is 9.10. The number of halogens is 3. The fourth-order valence-corrected chi connectivity index (χ4v) is 2.57. The molecule has 5 heteroatoms. The van der Waals surface area contributed by atoms with E-state index >= 15 is 0 Å². The van der Waals surface area contributed by atoms with Crippen LogP contribution in [0.15, 0.2) is 22.7 Å². The van der Waals surface area contributed by atoms with Gasteiger partial charge in [0.1, 0.15) is 5.75 Å². The van der Waals surface area contributed by atoms with Gasteiger partial charge >= 0.3 is 6.61 Å². The molecule has 1 unspecified atom stereocenters. The summed E-state index contributed by atoms with van der Waals surface area (Å²) in [5, 5.41) is 3.32. The molecule has 2 rings (SSSR count). The second-order valence-corrected chi connectivity index (χ2v) is 5.99. The highest BCUT2D eigenvalue weighted by Crippen LogP contribution is 2.36. The highest BCUT2D eigenvalue weighted by Gasteiger charge is 2.27. The lowest BCUT2D eigenvalue weighted by molar-refractivity contribution is -0.0505. The highest BCUT2D eigenvalue weighted by atomic mass is 79.9. The van der Waals surface area contributed by atoms with Crippen LogP contribution in [0.2, 0.25) is 0 Å². The number of nitrogens with one attached hydrogen (secondary N) is 1. The predicted molar refractivity (Wildman–Crippen MR) is 74.4 cm³/mol. The van der Waals surface area contributed by atoms with Crippen molar-refractivity contribution in [1.82, 2.24) is 5.32 Å². The van der Waals surface area contributed by atoms with Crippen LogP contribution in [0, 0.1) is 11.8 Å². The van der Waals surface area contributed by atoms with E-state index in [1.807, 2.05) is 6.07 Å². The van der Waals surface area contributed by atoms with Gasteiger partial charge in [0.25, 0.3) is 0 Å². The minimum absolute atomic E-state index is 0.241. The number of alkyl halides is 2. The van der Waals surface area contributed by atoms with Gasteiger partial charge in [-0.2, -0.15) is 8.78 Å². The summed E-state index contributed by atoms with van der Waals surface area (Å²) in [5.74, 6) is 1.73. The molecule has 1 aliphatic carbocycles. The molecule has 1 saturated carbocycles. The molecule has 0 aromatic heterocycles. The monoisotopic (exact) mass is 333 g/mol. The maximum absolute atomic E-state index is 12.3. The fourth-order valence-electron chi connectivity index (χ4n) is 2.16. The van der Waals surface area contributed by atoms with E-state index in [0.717, 1.165) is 22.5 Å². The number of hydrogen-bond donors (Lipinski definition) is 1. The standard InChI is InChI=1S/C14H18BrF2NO/c1-9(10-2-3-10)7-18-8-11-6-12(15)4-5-13(11)19-14(16)17/h4-6,9-10,14,18H,2-3,7-8H2,1H3. The van der Waals surface area contributed by atoms with Gasteiger partial charge in [0.05, 0.1) is 0 Å². The molecule has 0 aliphatic heterocycles. The van der Waals surface area contributed by atoms with Crippen LogP contribution in [0.4, 0.5) is 8.78 Å². The van der Waals surface area contributed by atoms with Gasteiger partial charge in [-0.1, -0.05) is 22.9 Å².